The summed E-state index contributed by atoms with van der Waals surface area (Å²) in [6.07, 6.45) is 3.84. The van der Waals surface area contributed by atoms with E-state index < -0.39 is 0 Å². The summed E-state index contributed by atoms with van der Waals surface area (Å²) in [6, 6.07) is 0. The summed E-state index contributed by atoms with van der Waals surface area (Å²) >= 11 is 0. The lowest BCUT2D eigenvalue weighted by Crippen LogP contribution is -2.39. The Balaban J connectivity index is 0.00000312. The molecule has 25 heavy (non-hydrogen) atoms. The molecule has 0 radical (unpaired) electrons. The molecule has 1 aromatic rings. The molecular weight excluding hydrogens is 429 g/mol. The first-order valence-corrected chi connectivity index (χ1v) is 9.29. The van der Waals surface area contributed by atoms with Crippen LogP contribution in [0, 0.1) is 19.8 Å². The van der Waals surface area contributed by atoms with E-state index in [9.17, 15) is 0 Å². The molecule has 0 bridgehead atoms. The number of hydrogen-bond donors (Lipinski definition) is 2. The summed E-state index contributed by atoms with van der Waals surface area (Å²) in [7, 11) is 0. The van der Waals surface area contributed by atoms with Gasteiger partial charge in [0.05, 0.1) is 5.69 Å². The smallest absolute Gasteiger partial charge is 0.216 e. The minimum atomic E-state index is 0. The minimum Gasteiger partial charge on any atom is -0.444 e. The number of aromatic nitrogens is 1. The lowest BCUT2D eigenvalue weighted by Gasteiger charge is -2.31. The predicted molar refractivity (Wildman–Crippen MR) is 114 cm³/mol. The van der Waals surface area contributed by atoms with Crippen molar-refractivity contribution in [2.45, 2.75) is 53.5 Å². The first kappa shape index (κ1) is 22.2. The molecule has 1 aliphatic rings. The zero-order valence-electron chi connectivity index (χ0n) is 16.1. The van der Waals surface area contributed by atoms with E-state index in [1.165, 1.54) is 38.9 Å². The van der Waals surface area contributed by atoms with Crippen LogP contribution in [0.4, 0.5) is 0 Å². The first-order valence-electron chi connectivity index (χ1n) is 9.29. The average molecular weight is 463 g/mol. The van der Waals surface area contributed by atoms with E-state index >= 15 is 0 Å². The summed E-state index contributed by atoms with van der Waals surface area (Å²) in [5.74, 6) is 3.22. The molecule has 0 spiro atoms. The number of hydrogen-bond acceptors (Lipinski definition) is 4. The predicted octanol–water partition coefficient (Wildman–Crippen LogP) is 3.09. The molecule has 6 nitrogen and oxygen atoms in total. The van der Waals surface area contributed by atoms with Crippen molar-refractivity contribution in [2.75, 3.05) is 32.7 Å². The Morgan fingerprint density at radius 1 is 1.24 bits per heavy atom. The molecule has 0 amide bonds. The second-order valence-corrected chi connectivity index (χ2v) is 6.54. The number of oxazole rings is 1. The summed E-state index contributed by atoms with van der Waals surface area (Å²) in [5.41, 5.74) is 0.941. The summed E-state index contributed by atoms with van der Waals surface area (Å²) < 4.78 is 5.58. The van der Waals surface area contributed by atoms with E-state index in [0.29, 0.717) is 12.4 Å². The highest BCUT2D eigenvalue weighted by molar-refractivity contribution is 14.0. The molecular formula is C18H34IN5O. The van der Waals surface area contributed by atoms with Gasteiger partial charge in [-0.2, -0.15) is 0 Å². The fraction of sp³-hybridized carbons (Fsp3) is 0.778. The van der Waals surface area contributed by atoms with Gasteiger partial charge < -0.3 is 20.0 Å². The van der Waals surface area contributed by atoms with E-state index in [2.05, 4.69) is 39.4 Å². The van der Waals surface area contributed by atoms with E-state index in [4.69, 9.17) is 4.42 Å². The summed E-state index contributed by atoms with van der Waals surface area (Å²) in [4.78, 5) is 11.5. The van der Waals surface area contributed by atoms with Crippen LogP contribution in [0.2, 0.25) is 0 Å². The second kappa shape index (κ2) is 11.7. The van der Waals surface area contributed by atoms with Gasteiger partial charge in [0.15, 0.2) is 5.96 Å². The number of guanidine groups is 1. The molecule has 144 valence electrons. The van der Waals surface area contributed by atoms with Crippen LogP contribution in [0.3, 0.4) is 0 Å². The molecule has 0 aliphatic carbocycles. The van der Waals surface area contributed by atoms with Crippen molar-refractivity contribution in [1.29, 1.82) is 0 Å². The van der Waals surface area contributed by atoms with Gasteiger partial charge in [0.25, 0.3) is 0 Å². The lowest BCUT2D eigenvalue weighted by molar-refractivity contribution is 0.187. The molecule has 1 aromatic heterocycles. The molecule has 0 aromatic carbocycles. The van der Waals surface area contributed by atoms with Crippen molar-refractivity contribution in [3.63, 3.8) is 0 Å². The van der Waals surface area contributed by atoms with Gasteiger partial charge in [0.2, 0.25) is 5.89 Å². The topological polar surface area (TPSA) is 65.7 Å². The molecule has 0 atom stereocenters. The van der Waals surface area contributed by atoms with Crippen LogP contribution in [0.1, 0.15) is 50.5 Å². The number of aliphatic imine (C=N–C) groups is 1. The van der Waals surface area contributed by atoms with Gasteiger partial charge >= 0.3 is 0 Å². The van der Waals surface area contributed by atoms with Crippen LogP contribution in [0.15, 0.2) is 9.41 Å². The van der Waals surface area contributed by atoms with Gasteiger partial charge in [-0.3, -0.25) is 0 Å². The fourth-order valence-electron chi connectivity index (χ4n) is 3.08. The fourth-order valence-corrected chi connectivity index (χ4v) is 3.08. The number of piperidine rings is 1. The van der Waals surface area contributed by atoms with Crippen molar-refractivity contribution in [2.24, 2.45) is 10.9 Å². The molecule has 2 rings (SSSR count). The van der Waals surface area contributed by atoms with E-state index in [0.717, 1.165) is 36.4 Å². The van der Waals surface area contributed by atoms with Crippen LogP contribution in [-0.4, -0.2) is 48.6 Å². The number of halogens is 1. The molecule has 7 heteroatoms. The zero-order chi connectivity index (χ0) is 17.4. The van der Waals surface area contributed by atoms with Crippen LogP contribution in [0.5, 0.6) is 0 Å². The number of aryl methyl sites for hydroxylation is 2. The second-order valence-electron chi connectivity index (χ2n) is 6.54. The number of nitrogens with zero attached hydrogens (tertiary/aromatic N) is 3. The Bertz CT molecular complexity index is 504. The SMILES string of the molecule is CCNC(=NCc1nc(C)c(C)o1)NCCC1CCN(CC)CC1.I. The maximum Gasteiger partial charge on any atom is 0.216 e. The Hall–Kier alpha value is -0.830. The Morgan fingerprint density at radius 2 is 1.96 bits per heavy atom. The number of nitrogens with one attached hydrogen (secondary N) is 2. The average Bonchev–Trinajstić information content (AvgIpc) is 2.91. The zero-order valence-corrected chi connectivity index (χ0v) is 18.4. The maximum absolute atomic E-state index is 5.58. The Kier molecular flexibility index (Phi) is 10.4. The van der Waals surface area contributed by atoms with Gasteiger partial charge in [0, 0.05) is 13.1 Å². The van der Waals surface area contributed by atoms with Gasteiger partial charge in [-0.1, -0.05) is 6.92 Å². The van der Waals surface area contributed by atoms with Crippen molar-refractivity contribution in [3.05, 3.63) is 17.3 Å². The molecule has 2 heterocycles. The van der Waals surface area contributed by atoms with Gasteiger partial charge in [-0.25, -0.2) is 9.98 Å². The normalized spacial score (nSPS) is 16.6. The molecule has 1 saturated heterocycles. The number of rotatable bonds is 7. The van der Waals surface area contributed by atoms with E-state index in [-0.39, 0.29) is 24.0 Å². The van der Waals surface area contributed by atoms with Crippen LogP contribution in [-0.2, 0) is 6.54 Å². The van der Waals surface area contributed by atoms with Crippen LogP contribution >= 0.6 is 24.0 Å². The van der Waals surface area contributed by atoms with E-state index in [1.54, 1.807) is 0 Å². The highest BCUT2D eigenvalue weighted by atomic mass is 127. The van der Waals surface area contributed by atoms with Crippen molar-refractivity contribution in [3.8, 4) is 0 Å². The molecule has 0 saturated carbocycles. The first-order chi connectivity index (χ1) is 11.6. The Morgan fingerprint density at radius 3 is 2.52 bits per heavy atom. The molecule has 0 unspecified atom stereocenters. The van der Waals surface area contributed by atoms with Gasteiger partial charge in [-0.15, -0.1) is 24.0 Å². The quantitative estimate of drug-likeness (QED) is 0.370. The highest BCUT2D eigenvalue weighted by Gasteiger charge is 2.17. The third-order valence-corrected chi connectivity index (χ3v) is 4.79. The van der Waals surface area contributed by atoms with Gasteiger partial charge in [-0.05, 0) is 65.6 Å². The summed E-state index contributed by atoms with van der Waals surface area (Å²) in [5, 5.41) is 6.73. The summed E-state index contributed by atoms with van der Waals surface area (Å²) in [6.45, 7) is 14.2. The third-order valence-electron chi connectivity index (χ3n) is 4.79. The standard InChI is InChI=1S/C18H33N5O.HI/c1-5-19-18(21-13-17-22-14(3)15(4)24-17)20-10-7-16-8-11-23(6-2)12-9-16;/h16H,5-13H2,1-4H3,(H2,19,20,21);1H. The van der Waals surface area contributed by atoms with Crippen molar-refractivity contribution >= 4 is 29.9 Å². The van der Waals surface area contributed by atoms with Crippen LogP contribution in [0.25, 0.3) is 0 Å². The van der Waals surface area contributed by atoms with E-state index in [1.807, 2.05) is 13.8 Å². The minimum absolute atomic E-state index is 0. The Labute approximate surface area is 169 Å². The molecule has 1 fully saturated rings. The third kappa shape index (κ3) is 7.52. The lowest BCUT2D eigenvalue weighted by atomic mass is 9.93. The molecule has 2 N–H and O–H groups in total. The monoisotopic (exact) mass is 463 g/mol. The number of likely N-dealkylation sites (tertiary alicyclic amines) is 1. The molecule has 1 aliphatic heterocycles. The highest BCUT2D eigenvalue weighted by Crippen LogP contribution is 2.19. The van der Waals surface area contributed by atoms with Crippen LogP contribution < -0.4 is 10.6 Å². The largest absolute Gasteiger partial charge is 0.444 e. The van der Waals surface area contributed by atoms with Crippen molar-refractivity contribution in [1.82, 2.24) is 20.5 Å². The van der Waals surface area contributed by atoms with Crippen molar-refractivity contribution < 1.29 is 4.42 Å². The van der Waals surface area contributed by atoms with Gasteiger partial charge in [0.1, 0.15) is 12.3 Å². The maximum atomic E-state index is 5.58.